The van der Waals surface area contributed by atoms with E-state index in [1.54, 1.807) is 30.1 Å². The second kappa shape index (κ2) is 6.29. The van der Waals surface area contributed by atoms with E-state index in [1.807, 2.05) is 24.3 Å². The zero-order valence-electron chi connectivity index (χ0n) is 10.9. The van der Waals surface area contributed by atoms with E-state index >= 15 is 0 Å². The van der Waals surface area contributed by atoms with Crippen LogP contribution in [-0.4, -0.2) is 17.9 Å². The molecule has 2 aromatic carbocycles. The van der Waals surface area contributed by atoms with Gasteiger partial charge in [-0.2, -0.15) is 0 Å². The number of anilines is 1. The molecule has 1 amide bonds. The Labute approximate surface area is 131 Å². The van der Waals surface area contributed by atoms with Gasteiger partial charge >= 0.3 is 0 Å². The van der Waals surface area contributed by atoms with E-state index in [2.05, 4.69) is 15.9 Å². The van der Waals surface area contributed by atoms with Crippen LogP contribution in [0.2, 0.25) is 5.02 Å². The Balaban J connectivity index is 2.11. The second-order valence-electron chi connectivity index (χ2n) is 4.52. The van der Waals surface area contributed by atoms with Gasteiger partial charge in [0.05, 0.1) is 10.7 Å². The predicted molar refractivity (Wildman–Crippen MR) is 85.8 cm³/mol. The third kappa shape index (κ3) is 3.52. The Hall–Kier alpha value is -1.52. The maximum atomic E-state index is 12.3. The Morgan fingerprint density at radius 2 is 1.90 bits per heavy atom. The first kappa shape index (κ1) is 14.9. The molecule has 2 rings (SSSR count). The fourth-order valence-electron chi connectivity index (χ4n) is 1.82. The highest BCUT2D eigenvalue weighted by atomic mass is 79.9. The van der Waals surface area contributed by atoms with Crippen LogP contribution in [0.3, 0.4) is 0 Å². The molecular formula is C15H14BrClN2O. The molecular weight excluding hydrogens is 340 g/mol. The van der Waals surface area contributed by atoms with Crippen LogP contribution >= 0.6 is 27.5 Å². The monoisotopic (exact) mass is 352 g/mol. The van der Waals surface area contributed by atoms with Crippen LogP contribution in [0.4, 0.5) is 5.69 Å². The quantitative estimate of drug-likeness (QED) is 0.849. The number of carbonyl (C=O) groups is 1. The number of nitrogens with two attached hydrogens (primary N) is 1. The van der Waals surface area contributed by atoms with Crippen molar-refractivity contribution in [2.24, 2.45) is 0 Å². The van der Waals surface area contributed by atoms with Crippen molar-refractivity contribution in [3.8, 4) is 0 Å². The van der Waals surface area contributed by atoms with Crippen LogP contribution in [0.5, 0.6) is 0 Å². The highest BCUT2D eigenvalue weighted by molar-refractivity contribution is 9.10. The minimum absolute atomic E-state index is 0.0881. The first-order valence-corrected chi connectivity index (χ1v) is 7.19. The summed E-state index contributed by atoms with van der Waals surface area (Å²) in [4.78, 5) is 13.9. The molecule has 0 bridgehead atoms. The third-order valence-electron chi connectivity index (χ3n) is 2.93. The van der Waals surface area contributed by atoms with Gasteiger partial charge in [0.15, 0.2) is 0 Å². The lowest BCUT2D eigenvalue weighted by atomic mass is 10.1. The highest BCUT2D eigenvalue weighted by Gasteiger charge is 2.13. The summed E-state index contributed by atoms with van der Waals surface area (Å²) in [5.41, 5.74) is 7.70. The van der Waals surface area contributed by atoms with Gasteiger partial charge in [0, 0.05) is 23.6 Å². The fraction of sp³-hybridized carbons (Fsp3) is 0.133. The highest BCUT2D eigenvalue weighted by Crippen LogP contribution is 2.21. The van der Waals surface area contributed by atoms with Crippen LogP contribution in [0, 0.1) is 0 Å². The van der Waals surface area contributed by atoms with Crippen molar-refractivity contribution in [3.63, 3.8) is 0 Å². The number of halogens is 2. The molecule has 2 N–H and O–H groups in total. The average molecular weight is 354 g/mol. The van der Waals surface area contributed by atoms with E-state index < -0.39 is 0 Å². The first-order chi connectivity index (χ1) is 9.47. The van der Waals surface area contributed by atoms with Crippen molar-refractivity contribution < 1.29 is 4.79 Å². The van der Waals surface area contributed by atoms with Gasteiger partial charge in [0.2, 0.25) is 0 Å². The number of benzene rings is 2. The summed E-state index contributed by atoms with van der Waals surface area (Å²) in [5.74, 6) is -0.0881. The van der Waals surface area contributed by atoms with Crippen molar-refractivity contribution in [2.45, 2.75) is 6.54 Å². The standard InChI is InChI=1S/C15H14BrClN2O/c1-19(9-10-2-5-12(16)6-3-10)15(20)11-4-7-14(18)13(17)8-11/h2-8H,9,18H2,1H3. The largest absolute Gasteiger partial charge is 0.398 e. The number of nitrogens with zero attached hydrogens (tertiary/aromatic N) is 1. The van der Waals surface area contributed by atoms with E-state index in [0.717, 1.165) is 10.0 Å². The van der Waals surface area contributed by atoms with Gasteiger partial charge in [-0.05, 0) is 35.9 Å². The fourth-order valence-corrected chi connectivity index (χ4v) is 2.26. The minimum atomic E-state index is -0.0881. The molecule has 3 nitrogen and oxygen atoms in total. The first-order valence-electron chi connectivity index (χ1n) is 6.02. The van der Waals surface area contributed by atoms with Crippen LogP contribution < -0.4 is 5.73 Å². The van der Waals surface area contributed by atoms with E-state index in [1.165, 1.54) is 0 Å². The Morgan fingerprint density at radius 1 is 1.25 bits per heavy atom. The normalized spacial score (nSPS) is 10.3. The summed E-state index contributed by atoms with van der Waals surface area (Å²) < 4.78 is 1.01. The molecule has 104 valence electrons. The van der Waals surface area contributed by atoms with Crippen molar-refractivity contribution in [1.82, 2.24) is 4.90 Å². The third-order valence-corrected chi connectivity index (χ3v) is 3.78. The molecule has 0 aliphatic carbocycles. The summed E-state index contributed by atoms with van der Waals surface area (Å²) in [6.45, 7) is 0.536. The van der Waals surface area contributed by atoms with Gasteiger partial charge in [-0.15, -0.1) is 0 Å². The molecule has 20 heavy (non-hydrogen) atoms. The summed E-state index contributed by atoms with van der Waals surface area (Å²) in [6, 6.07) is 12.8. The number of hydrogen-bond donors (Lipinski definition) is 1. The van der Waals surface area contributed by atoms with Crippen LogP contribution in [0.25, 0.3) is 0 Å². The molecule has 5 heteroatoms. The van der Waals surface area contributed by atoms with Gasteiger partial charge in [-0.25, -0.2) is 0 Å². The van der Waals surface area contributed by atoms with Gasteiger partial charge in [0.25, 0.3) is 5.91 Å². The number of carbonyl (C=O) groups excluding carboxylic acids is 1. The second-order valence-corrected chi connectivity index (χ2v) is 5.85. The lowest BCUT2D eigenvalue weighted by Crippen LogP contribution is -2.26. The molecule has 0 radical (unpaired) electrons. The molecule has 0 fully saturated rings. The number of rotatable bonds is 3. The average Bonchev–Trinajstić information content (AvgIpc) is 2.43. The maximum absolute atomic E-state index is 12.3. The lowest BCUT2D eigenvalue weighted by molar-refractivity contribution is 0.0785. The molecule has 0 aliphatic rings. The molecule has 0 aliphatic heterocycles. The number of amides is 1. The van der Waals surface area contributed by atoms with Crippen LogP contribution in [-0.2, 0) is 6.54 Å². The number of hydrogen-bond acceptors (Lipinski definition) is 2. The Bertz CT molecular complexity index is 628. The smallest absolute Gasteiger partial charge is 0.253 e. The minimum Gasteiger partial charge on any atom is -0.398 e. The van der Waals surface area contributed by atoms with Crippen LogP contribution in [0.1, 0.15) is 15.9 Å². The van der Waals surface area contributed by atoms with E-state index in [0.29, 0.717) is 22.8 Å². The predicted octanol–water partition coefficient (Wildman–Crippen LogP) is 3.96. The van der Waals surface area contributed by atoms with Crippen molar-refractivity contribution >= 4 is 39.1 Å². The lowest BCUT2D eigenvalue weighted by Gasteiger charge is -2.17. The zero-order chi connectivity index (χ0) is 14.7. The molecule has 0 atom stereocenters. The number of nitrogen functional groups attached to an aromatic ring is 1. The SMILES string of the molecule is CN(Cc1ccc(Br)cc1)C(=O)c1ccc(N)c(Cl)c1. The zero-order valence-corrected chi connectivity index (χ0v) is 13.3. The topological polar surface area (TPSA) is 46.3 Å². The maximum Gasteiger partial charge on any atom is 0.253 e. The molecule has 0 unspecified atom stereocenters. The van der Waals surface area contributed by atoms with Crippen molar-refractivity contribution in [2.75, 3.05) is 12.8 Å². The van der Waals surface area contributed by atoms with Gasteiger partial charge < -0.3 is 10.6 Å². The molecule has 0 aromatic heterocycles. The Morgan fingerprint density at radius 3 is 2.50 bits per heavy atom. The van der Waals surface area contributed by atoms with Crippen molar-refractivity contribution in [3.05, 3.63) is 63.1 Å². The van der Waals surface area contributed by atoms with E-state index in [9.17, 15) is 4.79 Å². The summed E-state index contributed by atoms with van der Waals surface area (Å²) in [6.07, 6.45) is 0. The Kier molecular flexibility index (Phi) is 4.68. The molecule has 0 saturated carbocycles. The van der Waals surface area contributed by atoms with E-state index in [4.69, 9.17) is 17.3 Å². The van der Waals surface area contributed by atoms with Gasteiger partial charge in [-0.1, -0.05) is 39.7 Å². The molecule has 2 aromatic rings. The molecule has 0 saturated heterocycles. The van der Waals surface area contributed by atoms with Gasteiger partial charge in [-0.3, -0.25) is 4.79 Å². The molecule has 0 heterocycles. The summed E-state index contributed by atoms with van der Waals surface area (Å²) >= 11 is 9.32. The van der Waals surface area contributed by atoms with Gasteiger partial charge in [0.1, 0.15) is 0 Å². The van der Waals surface area contributed by atoms with Crippen LogP contribution in [0.15, 0.2) is 46.9 Å². The summed E-state index contributed by atoms with van der Waals surface area (Å²) in [7, 11) is 1.76. The summed E-state index contributed by atoms with van der Waals surface area (Å²) in [5, 5.41) is 0.396. The van der Waals surface area contributed by atoms with Crippen molar-refractivity contribution in [1.29, 1.82) is 0 Å². The van der Waals surface area contributed by atoms with E-state index in [-0.39, 0.29) is 5.91 Å². The molecule has 0 spiro atoms.